The molecular weight excluding hydrogens is 218 g/mol. The molecule has 0 aromatic rings. The van der Waals surface area contributed by atoms with Gasteiger partial charge in [-0.1, -0.05) is 25.5 Å². The zero-order valence-corrected chi connectivity index (χ0v) is 12.7. The van der Waals surface area contributed by atoms with Crippen molar-refractivity contribution in [3.63, 3.8) is 0 Å². The average molecular weight is 246 g/mol. The lowest BCUT2D eigenvalue weighted by atomic mass is 9.72. The summed E-state index contributed by atoms with van der Waals surface area (Å²) in [6.45, 7) is 8.78. The minimum Gasteiger partial charge on any atom is -0.315 e. The van der Waals surface area contributed by atoms with E-state index in [0.717, 1.165) is 17.6 Å². The van der Waals surface area contributed by atoms with Gasteiger partial charge in [0, 0.05) is 0 Å². The number of likely N-dealkylation sites (N-methyl/N-ethyl adjacent to an activating group) is 1. The van der Waals surface area contributed by atoms with Gasteiger partial charge in [-0.25, -0.2) is 0 Å². The monoisotopic (exact) mass is 246 g/mol. The summed E-state index contributed by atoms with van der Waals surface area (Å²) >= 11 is 0. The fraction of sp³-hybridized carbons (Fsp3) is 0.647. The van der Waals surface area contributed by atoms with Crippen LogP contribution in [0.4, 0.5) is 0 Å². The Morgan fingerprint density at radius 2 is 2.06 bits per heavy atom. The third-order valence-corrected chi connectivity index (χ3v) is 3.95. The van der Waals surface area contributed by atoms with Crippen molar-refractivity contribution >= 4 is 0 Å². The molecule has 0 amide bonds. The van der Waals surface area contributed by atoms with Crippen molar-refractivity contribution in [3.05, 3.63) is 23.3 Å². The van der Waals surface area contributed by atoms with Crippen LogP contribution in [0.15, 0.2) is 23.3 Å². The fourth-order valence-corrected chi connectivity index (χ4v) is 2.78. The van der Waals surface area contributed by atoms with Crippen LogP contribution in [-0.4, -0.2) is 31.7 Å². The maximum atomic E-state index is 5.40. The highest BCUT2D eigenvalue weighted by molar-refractivity contribution is 5.32. The van der Waals surface area contributed by atoms with E-state index in [-0.39, 0.29) is 0 Å². The van der Waals surface area contributed by atoms with Gasteiger partial charge >= 0.3 is 0 Å². The summed E-state index contributed by atoms with van der Waals surface area (Å²) in [6.07, 6.45) is 13.9. The van der Waals surface area contributed by atoms with Gasteiger partial charge in [-0.2, -0.15) is 0 Å². The van der Waals surface area contributed by atoms with E-state index in [9.17, 15) is 0 Å². The molecule has 1 aliphatic rings. The van der Waals surface area contributed by atoms with Crippen LogP contribution in [0.25, 0.3) is 0 Å². The zero-order chi connectivity index (χ0) is 13.8. The Balaban J connectivity index is 2.75. The molecule has 0 saturated heterocycles. The van der Waals surface area contributed by atoms with Crippen LogP contribution < -0.4 is 0 Å². The van der Waals surface area contributed by atoms with Crippen molar-refractivity contribution in [1.29, 1.82) is 0 Å². The number of quaternary nitrogens is 1. The maximum Gasteiger partial charge on any atom is 0.140 e. The number of rotatable bonds is 4. The van der Waals surface area contributed by atoms with Crippen LogP contribution >= 0.6 is 0 Å². The van der Waals surface area contributed by atoms with Crippen LogP contribution in [-0.2, 0) is 0 Å². The Bertz CT molecular complexity index is 388. The number of allylic oxidation sites excluding steroid dienone is 3. The second-order valence-corrected chi connectivity index (χ2v) is 6.81. The molecule has 0 fully saturated rings. The van der Waals surface area contributed by atoms with Crippen molar-refractivity contribution in [1.82, 2.24) is 0 Å². The number of hydrogen-bond donors (Lipinski definition) is 0. The molecular formula is C17H28N+. The molecule has 0 aliphatic heterocycles. The van der Waals surface area contributed by atoms with Crippen molar-refractivity contribution in [2.45, 2.75) is 40.0 Å². The van der Waals surface area contributed by atoms with E-state index in [2.05, 4.69) is 52.9 Å². The molecule has 18 heavy (non-hydrogen) atoms. The Morgan fingerprint density at radius 3 is 2.61 bits per heavy atom. The Kier molecular flexibility index (Phi) is 4.82. The van der Waals surface area contributed by atoms with Crippen LogP contribution in [0, 0.1) is 17.8 Å². The van der Waals surface area contributed by atoms with E-state index in [1.807, 2.05) is 0 Å². The molecule has 1 heteroatoms. The first kappa shape index (κ1) is 15.1. The minimum atomic E-state index is 0.335. The number of nitrogens with zero attached hydrogens (tertiary/aromatic N) is 1. The number of terminal acetylenes is 1. The summed E-state index contributed by atoms with van der Waals surface area (Å²) in [4.78, 5) is 0. The molecule has 100 valence electrons. The Labute approximate surface area is 113 Å². The molecule has 0 atom stereocenters. The predicted molar refractivity (Wildman–Crippen MR) is 80.1 cm³/mol. The van der Waals surface area contributed by atoms with Gasteiger partial charge < -0.3 is 4.48 Å². The van der Waals surface area contributed by atoms with E-state index in [4.69, 9.17) is 6.42 Å². The van der Waals surface area contributed by atoms with Gasteiger partial charge in [-0.3, -0.25) is 0 Å². The largest absolute Gasteiger partial charge is 0.315 e. The summed E-state index contributed by atoms with van der Waals surface area (Å²) in [6, 6.07) is 0. The van der Waals surface area contributed by atoms with Gasteiger partial charge in [0.15, 0.2) is 0 Å². The van der Waals surface area contributed by atoms with E-state index in [1.165, 1.54) is 24.8 Å². The van der Waals surface area contributed by atoms with Gasteiger partial charge in [-0.05, 0) is 49.2 Å². The van der Waals surface area contributed by atoms with E-state index >= 15 is 0 Å². The molecule has 0 N–H and O–H groups in total. The van der Waals surface area contributed by atoms with Crippen molar-refractivity contribution in [2.75, 3.05) is 27.2 Å². The van der Waals surface area contributed by atoms with Crippen LogP contribution in [0.3, 0.4) is 0 Å². The first-order valence-electron chi connectivity index (χ1n) is 6.91. The highest BCUT2D eigenvalue weighted by Gasteiger charge is 2.26. The van der Waals surface area contributed by atoms with Crippen LogP contribution in [0.5, 0.6) is 0 Å². The van der Waals surface area contributed by atoms with Crippen molar-refractivity contribution in [3.8, 4) is 12.3 Å². The lowest BCUT2D eigenvalue weighted by Crippen LogP contribution is -2.39. The van der Waals surface area contributed by atoms with E-state index in [1.54, 1.807) is 5.57 Å². The SMILES string of the molecule is C#CC[N+](C)(C)C/C=C/C1=C(C)CCCC1(C)C. The normalized spacial score (nSPS) is 20.2. The van der Waals surface area contributed by atoms with Gasteiger partial charge in [0.05, 0.1) is 20.6 Å². The summed E-state index contributed by atoms with van der Waals surface area (Å²) in [5.41, 5.74) is 3.43. The van der Waals surface area contributed by atoms with E-state index in [0.29, 0.717) is 5.41 Å². The molecule has 0 heterocycles. The molecule has 0 bridgehead atoms. The molecule has 0 spiro atoms. The highest BCUT2D eigenvalue weighted by atomic mass is 15.3. The molecule has 0 unspecified atom stereocenters. The van der Waals surface area contributed by atoms with Crippen molar-refractivity contribution < 1.29 is 4.48 Å². The third-order valence-electron chi connectivity index (χ3n) is 3.95. The molecule has 0 saturated carbocycles. The third kappa shape index (κ3) is 4.03. The Morgan fingerprint density at radius 1 is 1.39 bits per heavy atom. The quantitative estimate of drug-likeness (QED) is 0.523. The summed E-state index contributed by atoms with van der Waals surface area (Å²) < 4.78 is 0.861. The summed E-state index contributed by atoms with van der Waals surface area (Å²) in [5, 5.41) is 0. The number of hydrogen-bond acceptors (Lipinski definition) is 0. The predicted octanol–water partition coefficient (Wildman–Crippen LogP) is 3.78. The fourth-order valence-electron chi connectivity index (χ4n) is 2.78. The highest BCUT2D eigenvalue weighted by Crippen LogP contribution is 2.40. The zero-order valence-electron chi connectivity index (χ0n) is 12.7. The Hall–Kier alpha value is -1.00. The van der Waals surface area contributed by atoms with Gasteiger partial charge in [0.1, 0.15) is 6.54 Å². The first-order valence-corrected chi connectivity index (χ1v) is 6.91. The average Bonchev–Trinajstić information content (AvgIpc) is 2.21. The maximum absolute atomic E-state index is 5.40. The van der Waals surface area contributed by atoms with Gasteiger partial charge in [0.25, 0.3) is 0 Å². The van der Waals surface area contributed by atoms with E-state index < -0.39 is 0 Å². The first-order chi connectivity index (χ1) is 8.28. The standard InChI is InChI=1S/C17H28N/c1-7-13-18(5,6)14-9-11-16-15(2)10-8-12-17(16,3)4/h1,9,11H,8,10,12-14H2,2-6H3/q+1/b11-9+. The smallest absolute Gasteiger partial charge is 0.140 e. The second kappa shape index (κ2) is 5.76. The van der Waals surface area contributed by atoms with Gasteiger partial charge in [0.2, 0.25) is 0 Å². The molecule has 0 aromatic carbocycles. The van der Waals surface area contributed by atoms with Gasteiger partial charge in [-0.15, -0.1) is 6.42 Å². The molecule has 1 aliphatic carbocycles. The minimum absolute atomic E-state index is 0.335. The van der Waals surface area contributed by atoms with Crippen molar-refractivity contribution in [2.24, 2.45) is 5.41 Å². The summed E-state index contributed by atoms with van der Waals surface area (Å²) in [7, 11) is 4.36. The molecule has 1 nitrogen and oxygen atoms in total. The van der Waals surface area contributed by atoms with Crippen LogP contribution in [0.2, 0.25) is 0 Å². The van der Waals surface area contributed by atoms with Crippen LogP contribution in [0.1, 0.15) is 40.0 Å². The second-order valence-electron chi connectivity index (χ2n) is 6.81. The lowest BCUT2D eigenvalue weighted by molar-refractivity contribution is -0.877. The lowest BCUT2D eigenvalue weighted by Gasteiger charge is -2.33. The molecule has 1 rings (SSSR count). The molecule has 0 radical (unpaired) electrons. The topological polar surface area (TPSA) is 0 Å². The summed E-state index contributed by atoms with van der Waals surface area (Å²) in [5.74, 6) is 2.75. The molecule has 0 aromatic heterocycles.